The first-order valence-electron chi connectivity index (χ1n) is 7.10. The minimum Gasteiger partial charge on any atom is -0.493 e. The number of pyridine rings is 1. The fourth-order valence-corrected chi connectivity index (χ4v) is 2.87. The average molecular weight is 341 g/mol. The number of ether oxygens (including phenoxy) is 1. The van der Waals surface area contributed by atoms with Crippen molar-refractivity contribution in [3.05, 3.63) is 47.3 Å². The van der Waals surface area contributed by atoms with Crippen LogP contribution in [0, 0.1) is 13.8 Å². The zero-order chi connectivity index (χ0) is 14.1. The number of nitrogens with two attached hydrogens (primary N) is 1. The molecule has 0 fully saturated rings. The fraction of sp³-hybridized carbons (Fsp3) is 0.353. The number of nitrogens with zero attached hydrogens (tertiary/aromatic N) is 1. The van der Waals surface area contributed by atoms with Gasteiger partial charge in [-0.1, -0.05) is 18.2 Å². The second-order valence-electron chi connectivity index (χ2n) is 5.43. The normalized spacial score (nSPS) is 15.9. The molecular formula is C17H22Cl2N2O. The van der Waals surface area contributed by atoms with Crippen LogP contribution in [0.1, 0.15) is 29.2 Å². The maximum Gasteiger partial charge on any atom is 0.130 e. The molecule has 1 atom stereocenters. The summed E-state index contributed by atoms with van der Waals surface area (Å²) in [6.07, 6.45) is 2.93. The summed E-state index contributed by atoms with van der Waals surface area (Å²) in [5, 5.41) is 0. The van der Waals surface area contributed by atoms with E-state index in [0.717, 1.165) is 30.0 Å². The first kappa shape index (κ1) is 18.8. The van der Waals surface area contributed by atoms with E-state index >= 15 is 0 Å². The molecule has 1 aromatic carbocycles. The van der Waals surface area contributed by atoms with E-state index in [4.69, 9.17) is 10.5 Å². The molecule has 0 radical (unpaired) electrons. The number of hydrogen-bond donors (Lipinski definition) is 1. The van der Waals surface area contributed by atoms with Gasteiger partial charge in [-0.3, -0.25) is 4.98 Å². The zero-order valence-corrected chi connectivity index (χ0v) is 14.5. The minimum atomic E-state index is 0. The highest BCUT2D eigenvalue weighted by molar-refractivity contribution is 5.85. The molecule has 1 aliphatic rings. The largest absolute Gasteiger partial charge is 0.493 e. The number of aromatic nitrogens is 1. The number of rotatable bonds is 2. The molecule has 0 saturated carbocycles. The van der Waals surface area contributed by atoms with Gasteiger partial charge < -0.3 is 10.5 Å². The number of halogens is 2. The van der Waals surface area contributed by atoms with Gasteiger partial charge in [0.2, 0.25) is 0 Å². The van der Waals surface area contributed by atoms with Crippen LogP contribution in [0.25, 0.3) is 11.1 Å². The van der Waals surface area contributed by atoms with Gasteiger partial charge in [-0.05, 0) is 49.6 Å². The molecule has 3 rings (SSSR count). The third kappa shape index (κ3) is 3.37. The van der Waals surface area contributed by atoms with E-state index in [-0.39, 0.29) is 24.8 Å². The van der Waals surface area contributed by atoms with Gasteiger partial charge >= 0.3 is 0 Å². The highest BCUT2D eigenvalue weighted by Gasteiger charge is 2.23. The Bertz CT molecular complexity index is 647. The molecule has 1 aromatic heterocycles. The van der Waals surface area contributed by atoms with Crippen molar-refractivity contribution in [2.75, 3.05) is 13.2 Å². The zero-order valence-electron chi connectivity index (χ0n) is 12.8. The molecule has 120 valence electrons. The van der Waals surface area contributed by atoms with E-state index in [1.54, 1.807) is 0 Å². The highest BCUT2D eigenvalue weighted by Crippen LogP contribution is 2.41. The number of aryl methyl sites for hydroxylation is 2. The van der Waals surface area contributed by atoms with Crippen molar-refractivity contribution in [2.45, 2.75) is 26.2 Å². The Morgan fingerprint density at radius 2 is 2.00 bits per heavy atom. The molecule has 22 heavy (non-hydrogen) atoms. The van der Waals surface area contributed by atoms with Crippen LogP contribution in [0.3, 0.4) is 0 Å². The highest BCUT2D eigenvalue weighted by atomic mass is 35.5. The molecule has 0 spiro atoms. The quantitative estimate of drug-likeness (QED) is 0.897. The topological polar surface area (TPSA) is 48.1 Å². The van der Waals surface area contributed by atoms with Crippen LogP contribution < -0.4 is 10.5 Å². The first-order chi connectivity index (χ1) is 9.70. The van der Waals surface area contributed by atoms with E-state index in [9.17, 15) is 0 Å². The van der Waals surface area contributed by atoms with E-state index in [2.05, 4.69) is 36.2 Å². The molecule has 0 unspecified atom stereocenters. The van der Waals surface area contributed by atoms with Gasteiger partial charge in [-0.15, -0.1) is 24.8 Å². The molecule has 0 aliphatic carbocycles. The van der Waals surface area contributed by atoms with Crippen LogP contribution in [0.15, 0.2) is 30.5 Å². The van der Waals surface area contributed by atoms with Crippen LogP contribution in [0.5, 0.6) is 5.75 Å². The van der Waals surface area contributed by atoms with E-state index in [1.807, 2.05) is 13.1 Å². The SMILES string of the molecule is Cc1cc(-c2cccc3c2OCC[C@H]3CN)c(C)cn1.Cl.Cl. The number of hydrogen-bond acceptors (Lipinski definition) is 3. The van der Waals surface area contributed by atoms with Gasteiger partial charge in [0.1, 0.15) is 5.75 Å². The molecule has 2 heterocycles. The Balaban J connectivity index is 0.00000121. The standard InChI is InChI=1S/C17H20N2O.2ClH/c1-11-10-19-12(2)8-16(11)15-5-3-4-14-13(9-18)6-7-20-17(14)15;;/h3-5,8,10,13H,6-7,9,18H2,1-2H3;2*1H/t13-;;/m0../s1. The molecular weight excluding hydrogens is 319 g/mol. The molecule has 5 heteroatoms. The third-order valence-corrected chi connectivity index (χ3v) is 4.01. The van der Waals surface area contributed by atoms with Crippen LogP contribution in [0.4, 0.5) is 0 Å². The van der Waals surface area contributed by atoms with Crippen molar-refractivity contribution >= 4 is 24.8 Å². The summed E-state index contributed by atoms with van der Waals surface area (Å²) < 4.78 is 5.96. The predicted molar refractivity (Wildman–Crippen MR) is 95.6 cm³/mol. The van der Waals surface area contributed by atoms with Gasteiger partial charge in [-0.25, -0.2) is 0 Å². The monoisotopic (exact) mass is 340 g/mol. The minimum absolute atomic E-state index is 0. The molecule has 0 bridgehead atoms. The van der Waals surface area contributed by atoms with Crippen molar-refractivity contribution in [1.82, 2.24) is 4.98 Å². The summed E-state index contributed by atoms with van der Waals surface area (Å²) in [5.41, 5.74) is 11.7. The summed E-state index contributed by atoms with van der Waals surface area (Å²) in [6, 6.07) is 8.49. The maximum atomic E-state index is 5.96. The lowest BCUT2D eigenvalue weighted by Gasteiger charge is -2.27. The lowest BCUT2D eigenvalue weighted by molar-refractivity contribution is 0.270. The smallest absolute Gasteiger partial charge is 0.130 e. The van der Waals surface area contributed by atoms with E-state index < -0.39 is 0 Å². The Kier molecular flexibility index (Phi) is 6.66. The van der Waals surface area contributed by atoms with Crippen molar-refractivity contribution in [3.8, 4) is 16.9 Å². The molecule has 1 aliphatic heterocycles. The van der Waals surface area contributed by atoms with Gasteiger partial charge in [-0.2, -0.15) is 0 Å². The molecule has 2 N–H and O–H groups in total. The first-order valence-corrected chi connectivity index (χ1v) is 7.10. The van der Waals surface area contributed by atoms with Gasteiger partial charge in [0.15, 0.2) is 0 Å². The molecule has 0 amide bonds. The molecule has 0 saturated heterocycles. The summed E-state index contributed by atoms with van der Waals surface area (Å²) in [5.74, 6) is 1.41. The lowest BCUT2D eigenvalue weighted by Crippen LogP contribution is -2.21. The Hall–Kier alpha value is -1.29. The summed E-state index contributed by atoms with van der Waals surface area (Å²) in [6.45, 7) is 5.52. The second-order valence-corrected chi connectivity index (χ2v) is 5.43. The van der Waals surface area contributed by atoms with Crippen molar-refractivity contribution < 1.29 is 4.74 Å². The third-order valence-electron chi connectivity index (χ3n) is 4.01. The Morgan fingerprint density at radius 3 is 2.73 bits per heavy atom. The van der Waals surface area contributed by atoms with Crippen LogP contribution >= 0.6 is 24.8 Å². The summed E-state index contributed by atoms with van der Waals surface area (Å²) in [4.78, 5) is 4.35. The Morgan fingerprint density at radius 1 is 1.23 bits per heavy atom. The van der Waals surface area contributed by atoms with Gasteiger partial charge in [0.25, 0.3) is 0 Å². The van der Waals surface area contributed by atoms with Crippen LogP contribution in [0.2, 0.25) is 0 Å². The number of benzene rings is 1. The fourth-order valence-electron chi connectivity index (χ4n) is 2.87. The van der Waals surface area contributed by atoms with Gasteiger partial charge in [0.05, 0.1) is 6.61 Å². The van der Waals surface area contributed by atoms with Crippen molar-refractivity contribution in [2.24, 2.45) is 5.73 Å². The molecule has 2 aromatic rings. The van der Waals surface area contributed by atoms with Gasteiger partial charge in [0, 0.05) is 23.4 Å². The average Bonchev–Trinajstić information content (AvgIpc) is 2.48. The van der Waals surface area contributed by atoms with Crippen LogP contribution in [-0.2, 0) is 0 Å². The maximum absolute atomic E-state index is 5.96. The Labute approximate surface area is 144 Å². The van der Waals surface area contributed by atoms with E-state index in [0.29, 0.717) is 12.5 Å². The summed E-state index contributed by atoms with van der Waals surface area (Å²) in [7, 11) is 0. The second kappa shape index (κ2) is 7.82. The predicted octanol–water partition coefficient (Wildman–Crippen LogP) is 4.03. The lowest BCUT2D eigenvalue weighted by atomic mass is 9.89. The summed E-state index contributed by atoms with van der Waals surface area (Å²) >= 11 is 0. The van der Waals surface area contributed by atoms with E-state index in [1.165, 1.54) is 16.7 Å². The number of para-hydroxylation sites is 1. The molecule has 3 nitrogen and oxygen atoms in total. The van der Waals surface area contributed by atoms with Crippen molar-refractivity contribution in [3.63, 3.8) is 0 Å². The number of fused-ring (bicyclic) bond motifs is 1. The van der Waals surface area contributed by atoms with Crippen molar-refractivity contribution in [1.29, 1.82) is 0 Å². The van der Waals surface area contributed by atoms with Crippen LogP contribution in [-0.4, -0.2) is 18.1 Å².